The van der Waals surface area contributed by atoms with Gasteiger partial charge in [0.25, 0.3) is 5.79 Å². The molecule has 7 nitrogen and oxygen atoms in total. The zero-order valence-electron chi connectivity index (χ0n) is 15.1. The topological polar surface area (TPSA) is 91.3 Å². The lowest BCUT2D eigenvalue weighted by molar-refractivity contribution is -0.190. The van der Waals surface area contributed by atoms with Crippen molar-refractivity contribution >= 4 is 22.3 Å². The van der Waals surface area contributed by atoms with E-state index in [1.54, 1.807) is 24.3 Å². The summed E-state index contributed by atoms with van der Waals surface area (Å²) in [5.41, 5.74) is -2.10. The highest BCUT2D eigenvalue weighted by Gasteiger charge is 2.76. The molecular weight excluding hydrogens is 364 g/mol. The van der Waals surface area contributed by atoms with Crippen molar-refractivity contribution in [1.29, 1.82) is 0 Å². The van der Waals surface area contributed by atoms with Gasteiger partial charge in [-0.1, -0.05) is 30.3 Å². The number of rotatable bonds is 2. The SMILES string of the molecule is COC1=C(OC)C(=O)C2(C1=O)C(O)C=CC21Oc2cccc3cccc(c23)O1. The number of ketones is 2. The van der Waals surface area contributed by atoms with Crippen molar-refractivity contribution in [3.63, 3.8) is 0 Å². The van der Waals surface area contributed by atoms with Gasteiger partial charge in [0.2, 0.25) is 28.5 Å². The largest absolute Gasteiger partial charge is 0.490 e. The second kappa shape index (κ2) is 5.36. The monoisotopic (exact) mass is 380 g/mol. The number of Topliss-reactive ketones (excluding diaryl/α,β-unsaturated/α-hetero) is 2. The van der Waals surface area contributed by atoms with Gasteiger partial charge in [-0.05, 0) is 23.6 Å². The Morgan fingerprint density at radius 3 is 1.96 bits per heavy atom. The summed E-state index contributed by atoms with van der Waals surface area (Å²) in [5.74, 6) is -3.00. The minimum absolute atomic E-state index is 0.265. The Hall–Kier alpha value is -3.32. The molecule has 0 saturated heterocycles. The Balaban J connectivity index is 1.74. The van der Waals surface area contributed by atoms with E-state index in [1.807, 2.05) is 12.1 Å². The lowest BCUT2D eigenvalue weighted by Crippen LogP contribution is -2.64. The van der Waals surface area contributed by atoms with E-state index in [0.29, 0.717) is 11.5 Å². The molecule has 1 N–H and O–H groups in total. The second-order valence-corrected chi connectivity index (χ2v) is 6.82. The third-order valence-electron chi connectivity index (χ3n) is 5.59. The first-order valence-electron chi connectivity index (χ1n) is 8.69. The molecule has 2 aromatic carbocycles. The summed E-state index contributed by atoms with van der Waals surface area (Å²) in [7, 11) is 2.53. The van der Waals surface area contributed by atoms with Gasteiger partial charge in [-0.2, -0.15) is 0 Å². The summed E-state index contributed by atoms with van der Waals surface area (Å²) in [6.45, 7) is 0. The van der Waals surface area contributed by atoms with Crippen molar-refractivity contribution in [3.05, 3.63) is 60.1 Å². The quantitative estimate of drug-likeness (QED) is 0.628. The fourth-order valence-corrected chi connectivity index (χ4v) is 4.34. The molecule has 2 spiro atoms. The lowest BCUT2D eigenvalue weighted by Gasteiger charge is -2.43. The number of hydrogen-bond donors (Lipinski definition) is 1. The molecule has 1 atom stereocenters. The lowest BCUT2D eigenvalue weighted by atomic mass is 9.73. The Morgan fingerprint density at radius 1 is 0.929 bits per heavy atom. The fourth-order valence-electron chi connectivity index (χ4n) is 4.34. The van der Waals surface area contributed by atoms with E-state index >= 15 is 0 Å². The molecule has 142 valence electrons. The van der Waals surface area contributed by atoms with Crippen LogP contribution in [0.3, 0.4) is 0 Å². The Kier molecular flexibility index (Phi) is 3.22. The van der Waals surface area contributed by atoms with Gasteiger partial charge in [-0.25, -0.2) is 0 Å². The molecular formula is C21H16O7. The zero-order valence-corrected chi connectivity index (χ0v) is 15.1. The van der Waals surface area contributed by atoms with Crippen LogP contribution in [0.4, 0.5) is 0 Å². The molecule has 0 fully saturated rings. The van der Waals surface area contributed by atoms with Crippen molar-refractivity contribution < 1.29 is 33.6 Å². The molecule has 1 unspecified atom stereocenters. The summed E-state index contributed by atoms with van der Waals surface area (Å²) < 4.78 is 22.5. The molecule has 0 aromatic heterocycles. The highest BCUT2D eigenvalue weighted by atomic mass is 16.7. The summed E-state index contributed by atoms with van der Waals surface area (Å²) in [6, 6.07) is 10.9. The summed E-state index contributed by atoms with van der Waals surface area (Å²) in [5, 5.41) is 12.4. The van der Waals surface area contributed by atoms with E-state index in [9.17, 15) is 14.7 Å². The molecule has 7 heteroatoms. The highest BCUT2D eigenvalue weighted by molar-refractivity contribution is 6.28. The van der Waals surface area contributed by atoms with Gasteiger partial charge < -0.3 is 24.1 Å². The number of benzene rings is 2. The van der Waals surface area contributed by atoms with Crippen molar-refractivity contribution in [3.8, 4) is 11.5 Å². The first-order valence-corrected chi connectivity index (χ1v) is 8.69. The van der Waals surface area contributed by atoms with Gasteiger partial charge in [-0.3, -0.25) is 9.59 Å². The third kappa shape index (κ3) is 1.68. The highest BCUT2D eigenvalue weighted by Crippen LogP contribution is 2.56. The fraction of sp³-hybridized carbons (Fsp3) is 0.238. The number of ether oxygens (including phenoxy) is 4. The molecule has 28 heavy (non-hydrogen) atoms. The van der Waals surface area contributed by atoms with E-state index in [4.69, 9.17) is 18.9 Å². The average molecular weight is 380 g/mol. The molecule has 1 heterocycles. The number of aliphatic hydroxyl groups excluding tert-OH is 1. The van der Waals surface area contributed by atoms with Gasteiger partial charge in [0.15, 0.2) is 0 Å². The maximum Gasteiger partial charge on any atom is 0.294 e. The Labute approximate surface area is 159 Å². The number of carbonyl (C=O) groups excluding carboxylic acids is 2. The summed E-state index contributed by atoms with van der Waals surface area (Å²) >= 11 is 0. The standard InChI is InChI=1S/C21H16O7/c1-25-16-17(26-2)19(24)21(18(16)23)14(22)9-10-20(21)27-12-7-3-5-11-6-4-8-13(28-20)15(11)12/h3-10,14,22H,1-2H3. The number of aliphatic hydroxyl groups is 1. The van der Waals surface area contributed by atoms with Crippen LogP contribution in [-0.2, 0) is 19.1 Å². The smallest absolute Gasteiger partial charge is 0.294 e. The molecule has 0 radical (unpaired) electrons. The van der Waals surface area contributed by atoms with Crippen LogP contribution in [0.2, 0.25) is 0 Å². The first kappa shape index (κ1) is 16.8. The predicted molar refractivity (Wildman–Crippen MR) is 96.6 cm³/mol. The Morgan fingerprint density at radius 2 is 1.46 bits per heavy atom. The van der Waals surface area contributed by atoms with Crippen LogP contribution in [0.15, 0.2) is 60.1 Å². The van der Waals surface area contributed by atoms with Crippen molar-refractivity contribution in [2.45, 2.75) is 11.9 Å². The van der Waals surface area contributed by atoms with Crippen molar-refractivity contribution in [1.82, 2.24) is 0 Å². The normalized spacial score (nSPS) is 23.5. The molecule has 0 saturated carbocycles. The van der Waals surface area contributed by atoms with Crippen LogP contribution in [0.5, 0.6) is 11.5 Å². The molecule has 0 bridgehead atoms. The maximum absolute atomic E-state index is 13.3. The molecule has 3 aliphatic rings. The van der Waals surface area contributed by atoms with Crippen LogP contribution in [0, 0.1) is 5.41 Å². The van der Waals surface area contributed by atoms with Gasteiger partial charge in [0.1, 0.15) is 17.6 Å². The minimum Gasteiger partial charge on any atom is -0.490 e. The number of fused-ring (bicyclic) bond motifs is 1. The van der Waals surface area contributed by atoms with Crippen LogP contribution < -0.4 is 9.47 Å². The molecule has 1 aliphatic heterocycles. The zero-order chi connectivity index (χ0) is 19.7. The minimum atomic E-state index is -2.10. The van der Waals surface area contributed by atoms with Crippen LogP contribution in [-0.4, -0.2) is 42.8 Å². The van der Waals surface area contributed by atoms with Gasteiger partial charge in [0, 0.05) is 0 Å². The van der Waals surface area contributed by atoms with Crippen LogP contribution in [0.1, 0.15) is 0 Å². The second-order valence-electron chi connectivity index (χ2n) is 6.82. The third-order valence-corrected chi connectivity index (χ3v) is 5.59. The summed E-state index contributed by atoms with van der Waals surface area (Å²) in [6.07, 6.45) is 1.26. The van der Waals surface area contributed by atoms with Crippen LogP contribution >= 0.6 is 0 Å². The number of methoxy groups -OCH3 is 2. The van der Waals surface area contributed by atoms with E-state index in [0.717, 1.165) is 10.8 Å². The van der Waals surface area contributed by atoms with E-state index in [-0.39, 0.29) is 11.5 Å². The molecule has 2 aliphatic carbocycles. The predicted octanol–water partition coefficient (Wildman–Crippen LogP) is 1.88. The molecule has 0 amide bonds. The molecule has 5 rings (SSSR count). The van der Waals surface area contributed by atoms with Gasteiger partial charge in [-0.15, -0.1) is 0 Å². The van der Waals surface area contributed by atoms with Crippen molar-refractivity contribution in [2.75, 3.05) is 14.2 Å². The maximum atomic E-state index is 13.3. The Bertz CT molecular complexity index is 1040. The number of hydrogen-bond acceptors (Lipinski definition) is 7. The molecule has 2 aromatic rings. The van der Waals surface area contributed by atoms with E-state index in [2.05, 4.69) is 0 Å². The van der Waals surface area contributed by atoms with Crippen LogP contribution in [0.25, 0.3) is 10.8 Å². The van der Waals surface area contributed by atoms with E-state index < -0.39 is 28.9 Å². The van der Waals surface area contributed by atoms with Crippen molar-refractivity contribution in [2.24, 2.45) is 5.41 Å². The van der Waals surface area contributed by atoms with E-state index in [1.165, 1.54) is 26.4 Å². The first-order chi connectivity index (χ1) is 13.5. The summed E-state index contributed by atoms with van der Waals surface area (Å²) in [4.78, 5) is 26.7. The number of allylic oxidation sites excluding steroid dienone is 2. The van der Waals surface area contributed by atoms with Gasteiger partial charge >= 0.3 is 0 Å². The number of carbonyl (C=O) groups is 2. The average Bonchev–Trinajstić information content (AvgIpc) is 3.09. The van der Waals surface area contributed by atoms with Gasteiger partial charge in [0.05, 0.1) is 19.6 Å².